The first-order valence-corrected chi connectivity index (χ1v) is 12.8. The number of aryl methyl sites for hydroxylation is 1. The fraction of sp³-hybridized carbons (Fsp3) is 0.120. The molecule has 1 aliphatic heterocycles. The monoisotopic (exact) mass is 605 g/mol. The van der Waals surface area contributed by atoms with Crippen molar-refractivity contribution in [2.24, 2.45) is 0 Å². The zero-order chi connectivity index (χ0) is 23.5. The Kier molecular flexibility index (Phi) is 7.64. The van der Waals surface area contributed by atoms with Gasteiger partial charge in [-0.25, -0.2) is 0 Å². The van der Waals surface area contributed by atoms with E-state index in [2.05, 4.69) is 31.9 Å². The van der Waals surface area contributed by atoms with Crippen molar-refractivity contribution in [1.29, 1.82) is 0 Å². The van der Waals surface area contributed by atoms with Crippen molar-refractivity contribution >= 4 is 72.4 Å². The van der Waals surface area contributed by atoms with Crippen LogP contribution in [0.5, 0.6) is 5.75 Å². The normalized spacial score (nSPS) is 14.9. The van der Waals surface area contributed by atoms with Gasteiger partial charge < -0.3 is 4.74 Å². The molecule has 1 saturated heterocycles. The first-order chi connectivity index (χ1) is 15.8. The molecule has 4 rings (SSSR count). The molecule has 3 aromatic carbocycles. The van der Waals surface area contributed by atoms with E-state index in [9.17, 15) is 9.59 Å². The maximum absolute atomic E-state index is 12.9. The average Bonchev–Trinajstić information content (AvgIpc) is 3.03. The highest BCUT2D eigenvalue weighted by atomic mass is 79.9. The lowest BCUT2D eigenvalue weighted by Crippen LogP contribution is -2.27. The van der Waals surface area contributed by atoms with Crippen molar-refractivity contribution in [2.45, 2.75) is 20.1 Å². The molecule has 0 spiro atoms. The van der Waals surface area contributed by atoms with E-state index in [0.717, 1.165) is 37.4 Å². The van der Waals surface area contributed by atoms with E-state index in [-0.39, 0.29) is 17.7 Å². The van der Waals surface area contributed by atoms with Crippen LogP contribution in [-0.2, 0) is 17.9 Å². The van der Waals surface area contributed by atoms with Gasteiger partial charge in [-0.2, -0.15) is 0 Å². The van der Waals surface area contributed by atoms with Crippen molar-refractivity contribution in [3.05, 3.63) is 102 Å². The van der Waals surface area contributed by atoms with Crippen molar-refractivity contribution < 1.29 is 14.3 Å². The lowest BCUT2D eigenvalue weighted by Gasteiger charge is -2.13. The molecule has 0 atom stereocenters. The van der Waals surface area contributed by atoms with Gasteiger partial charge in [0.1, 0.15) is 12.4 Å². The zero-order valence-electron chi connectivity index (χ0n) is 17.5. The maximum atomic E-state index is 12.9. The minimum absolute atomic E-state index is 0.140. The minimum atomic E-state index is -0.336. The van der Waals surface area contributed by atoms with Gasteiger partial charge in [-0.3, -0.25) is 14.5 Å². The molecule has 0 unspecified atom stereocenters. The molecule has 168 valence electrons. The van der Waals surface area contributed by atoms with Crippen LogP contribution >= 0.6 is 55.2 Å². The van der Waals surface area contributed by atoms with Gasteiger partial charge in [-0.15, -0.1) is 0 Å². The van der Waals surface area contributed by atoms with Gasteiger partial charge in [0.05, 0.1) is 20.4 Å². The molecular weight excluding hydrogens is 590 g/mol. The molecule has 4 nitrogen and oxygen atoms in total. The van der Waals surface area contributed by atoms with Gasteiger partial charge in [-0.05, 0) is 91.5 Å². The molecule has 8 heteroatoms. The molecule has 0 saturated carbocycles. The van der Waals surface area contributed by atoms with Crippen molar-refractivity contribution in [2.75, 3.05) is 0 Å². The standard InChI is InChI=1S/C25H18Br2ClNO3S/c1-15-6-8-16(9-7-15)14-32-23-19(26)10-17(11-20(23)27)12-22-24(30)29(25(31)33-22)13-18-4-2-3-5-21(18)28/h2-12H,13-14H2,1H3/b22-12-. The summed E-state index contributed by atoms with van der Waals surface area (Å²) in [5.74, 6) is 0.330. The van der Waals surface area contributed by atoms with E-state index in [1.807, 2.05) is 55.5 Å². The number of nitrogens with zero attached hydrogens (tertiary/aromatic N) is 1. The third kappa shape index (κ3) is 5.72. The van der Waals surface area contributed by atoms with Gasteiger partial charge in [-0.1, -0.05) is 59.6 Å². The van der Waals surface area contributed by atoms with Gasteiger partial charge in [0.15, 0.2) is 0 Å². The molecule has 1 aliphatic rings. The lowest BCUT2D eigenvalue weighted by molar-refractivity contribution is -0.123. The van der Waals surface area contributed by atoms with Crippen LogP contribution in [0.15, 0.2) is 74.5 Å². The number of benzene rings is 3. The van der Waals surface area contributed by atoms with Crippen LogP contribution < -0.4 is 4.74 Å². The number of rotatable bonds is 6. The fourth-order valence-corrected chi connectivity index (χ4v) is 5.71. The third-order valence-electron chi connectivity index (χ3n) is 4.98. The molecule has 2 amide bonds. The highest BCUT2D eigenvalue weighted by molar-refractivity contribution is 9.11. The van der Waals surface area contributed by atoms with Crippen molar-refractivity contribution in [3.63, 3.8) is 0 Å². The fourth-order valence-electron chi connectivity index (χ4n) is 3.23. The minimum Gasteiger partial charge on any atom is -0.487 e. The molecule has 1 fully saturated rings. The Bertz CT molecular complexity index is 1240. The number of imide groups is 1. The first kappa shape index (κ1) is 24.1. The summed E-state index contributed by atoms with van der Waals surface area (Å²) < 4.78 is 7.47. The Balaban J connectivity index is 1.50. The number of carbonyl (C=O) groups is 2. The predicted octanol–water partition coefficient (Wildman–Crippen LogP) is 7.99. The number of amides is 2. The second kappa shape index (κ2) is 10.5. The van der Waals surface area contributed by atoms with E-state index in [0.29, 0.717) is 22.3 Å². The SMILES string of the molecule is Cc1ccc(COc2c(Br)cc(/C=C3\SC(=O)N(Cc4ccccc4Cl)C3=O)cc2Br)cc1. The van der Waals surface area contributed by atoms with Crippen LogP contribution in [-0.4, -0.2) is 16.0 Å². The quantitative estimate of drug-likeness (QED) is 0.267. The summed E-state index contributed by atoms with van der Waals surface area (Å²) in [6.45, 7) is 2.61. The lowest BCUT2D eigenvalue weighted by atomic mass is 10.1. The molecular formula is C25H18Br2ClNO3S. The summed E-state index contributed by atoms with van der Waals surface area (Å²) in [4.78, 5) is 26.9. The van der Waals surface area contributed by atoms with Crippen LogP contribution in [0.1, 0.15) is 22.3 Å². The summed E-state index contributed by atoms with van der Waals surface area (Å²) in [6.07, 6.45) is 1.71. The van der Waals surface area contributed by atoms with E-state index < -0.39 is 0 Å². The van der Waals surface area contributed by atoms with Crippen LogP contribution in [0.4, 0.5) is 4.79 Å². The number of thioether (sulfide) groups is 1. The van der Waals surface area contributed by atoms with Crippen molar-refractivity contribution in [1.82, 2.24) is 4.90 Å². The largest absolute Gasteiger partial charge is 0.487 e. The Morgan fingerprint density at radius 2 is 1.70 bits per heavy atom. The molecule has 0 N–H and O–H groups in total. The maximum Gasteiger partial charge on any atom is 0.293 e. The summed E-state index contributed by atoms with van der Waals surface area (Å²) in [6, 6.07) is 19.1. The predicted molar refractivity (Wildman–Crippen MR) is 140 cm³/mol. The number of ether oxygens (including phenoxy) is 1. The molecule has 0 aliphatic carbocycles. The summed E-state index contributed by atoms with van der Waals surface area (Å²) in [5, 5.41) is 0.206. The van der Waals surface area contributed by atoms with Crippen molar-refractivity contribution in [3.8, 4) is 5.75 Å². The Labute approximate surface area is 218 Å². The van der Waals surface area contributed by atoms with E-state index >= 15 is 0 Å². The summed E-state index contributed by atoms with van der Waals surface area (Å²) >= 11 is 14.2. The highest BCUT2D eigenvalue weighted by Crippen LogP contribution is 2.38. The average molecular weight is 608 g/mol. The Morgan fingerprint density at radius 1 is 1.03 bits per heavy atom. The number of hydrogen-bond donors (Lipinski definition) is 0. The van der Waals surface area contributed by atoms with Gasteiger partial charge in [0, 0.05) is 5.02 Å². The van der Waals surface area contributed by atoms with Crippen LogP contribution in [0.2, 0.25) is 5.02 Å². The number of hydrogen-bond acceptors (Lipinski definition) is 4. The second-order valence-corrected chi connectivity index (χ2v) is 10.6. The van der Waals surface area contributed by atoms with Gasteiger partial charge in [0.25, 0.3) is 11.1 Å². The zero-order valence-corrected chi connectivity index (χ0v) is 22.2. The number of carbonyl (C=O) groups excluding carboxylic acids is 2. The summed E-state index contributed by atoms with van der Waals surface area (Å²) in [5.41, 5.74) is 3.75. The molecule has 0 aromatic heterocycles. The van der Waals surface area contributed by atoms with E-state index in [1.54, 1.807) is 18.2 Å². The molecule has 0 bridgehead atoms. The Hall–Kier alpha value is -2.06. The number of halogens is 3. The third-order valence-corrected chi connectivity index (χ3v) is 7.44. The van der Waals surface area contributed by atoms with Crippen LogP contribution in [0.25, 0.3) is 6.08 Å². The molecule has 33 heavy (non-hydrogen) atoms. The van der Waals surface area contributed by atoms with Crippen LogP contribution in [0, 0.1) is 6.92 Å². The summed E-state index contributed by atoms with van der Waals surface area (Å²) in [7, 11) is 0. The van der Waals surface area contributed by atoms with E-state index in [1.165, 1.54) is 10.5 Å². The van der Waals surface area contributed by atoms with Crippen LogP contribution in [0.3, 0.4) is 0 Å². The highest BCUT2D eigenvalue weighted by Gasteiger charge is 2.35. The molecule has 0 radical (unpaired) electrons. The van der Waals surface area contributed by atoms with Gasteiger partial charge >= 0.3 is 0 Å². The van der Waals surface area contributed by atoms with E-state index in [4.69, 9.17) is 16.3 Å². The topological polar surface area (TPSA) is 46.6 Å². The second-order valence-electron chi connectivity index (χ2n) is 7.45. The Morgan fingerprint density at radius 3 is 2.36 bits per heavy atom. The molecule has 1 heterocycles. The molecule has 3 aromatic rings. The van der Waals surface area contributed by atoms with Gasteiger partial charge in [0.2, 0.25) is 0 Å². The first-order valence-electron chi connectivity index (χ1n) is 9.98. The smallest absolute Gasteiger partial charge is 0.293 e.